The zero-order valence-corrected chi connectivity index (χ0v) is 19.8. The molecule has 1 aromatic carbocycles. The summed E-state index contributed by atoms with van der Waals surface area (Å²) in [4.78, 5) is 14.6. The molecule has 3 aromatic rings. The molecule has 4 rings (SSSR count). The van der Waals surface area contributed by atoms with Crippen LogP contribution in [0.3, 0.4) is 0 Å². The number of hydrogen-bond donors (Lipinski definition) is 2. The second-order valence-electron chi connectivity index (χ2n) is 7.91. The van der Waals surface area contributed by atoms with Crippen LogP contribution in [0.25, 0.3) is 12.2 Å². The summed E-state index contributed by atoms with van der Waals surface area (Å²) in [6.45, 7) is 2.13. The third kappa shape index (κ3) is 6.24. The van der Waals surface area contributed by atoms with E-state index < -0.39 is 0 Å². The van der Waals surface area contributed by atoms with E-state index in [1.807, 2.05) is 55.0 Å². The first-order valence-electron chi connectivity index (χ1n) is 11.1. The molecule has 32 heavy (non-hydrogen) atoms. The lowest BCUT2D eigenvalue weighted by Gasteiger charge is -2.22. The molecule has 0 unspecified atom stereocenters. The number of nitrogens with zero attached hydrogens (tertiary/aromatic N) is 3. The predicted molar refractivity (Wildman–Crippen MR) is 136 cm³/mol. The van der Waals surface area contributed by atoms with Crippen LogP contribution >= 0.6 is 23.5 Å². The van der Waals surface area contributed by atoms with Gasteiger partial charge < -0.3 is 10.0 Å². The summed E-state index contributed by atoms with van der Waals surface area (Å²) in [5, 5.41) is 4.19. The molecule has 1 fully saturated rings. The normalized spacial score (nSPS) is 14.6. The molecule has 0 bridgehead atoms. The second kappa shape index (κ2) is 11.3. The van der Waals surface area contributed by atoms with Crippen LogP contribution in [0.1, 0.15) is 55.8 Å². The standard InChI is InChI=1S/C25H28ClN5S/c1-2-19-14-21(31-32-24-11-7-6-10-22(24)26)17-27-23(19)13-12-18-15-28-25(29-16-18)30-20-8-4-3-5-9-20/h6-7,10-17,20,31H,2-5,8-9H2,1H3,(H,28,29,30)/b13-12+. The Kier molecular flexibility index (Phi) is 8.02. The number of rotatable bonds is 8. The van der Waals surface area contributed by atoms with E-state index in [1.54, 1.807) is 0 Å². The van der Waals surface area contributed by atoms with Crippen molar-refractivity contribution >= 4 is 47.3 Å². The molecular weight excluding hydrogens is 438 g/mol. The van der Waals surface area contributed by atoms with E-state index in [4.69, 9.17) is 11.6 Å². The van der Waals surface area contributed by atoms with Gasteiger partial charge in [-0.1, -0.05) is 49.9 Å². The van der Waals surface area contributed by atoms with Gasteiger partial charge in [-0.3, -0.25) is 4.98 Å². The van der Waals surface area contributed by atoms with Crippen molar-refractivity contribution < 1.29 is 0 Å². The summed E-state index contributed by atoms with van der Waals surface area (Å²) in [6.07, 6.45) is 16.8. The van der Waals surface area contributed by atoms with Gasteiger partial charge in [0.25, 0.3) is 0 Å². The number of aryl methyl sites for hydroxylation is 1. The Morgan fingerprint density at radius 2 is 1.81 bits per heavy atom. The average molecular weight is 466 g/mol. The molecule has 0 spiro atoms. The monoisotopic (exact) mass is 465 g/mol. The molecule has 0 radical (unpaired) electrons. The maximum absolute atomic E-state index is 6.23. The Bertz CT molecular complexity index is 1050. The van der Waals surface area contributed by atoms with Crippen LogP contribution in [0.15, 0.2) is 53.8 Å². The van der Waals surface area contributed by atoms with Gasteiger partial charge >= 0.3 is 0 Å². The fourth-order valence-corrected chi connectivity index (χ4v) is 4.66. The molecule has 0 saturated heterocycles. The Balaban J connectivity index is 1.38. The maximum atomic E-state index is 6.23. The highest BCUT2D eigenvalue weighted by atomic mass is 35.5. The minimum Gasteiger partial charge on any atom is -0.351 e. The highest BCUT2D eigenvalue weighted by Gasteiger charge is 2.13. The Morgan fingerprint density at radius 1 is 1.03 bits per heavy atom. The van der Waals surface area contributed by atoms with Crippen molar-refractivity contribution in [3.8, 4) is 0 Å². The van der Waals surface area contributed by atoms with Gasteiger partial charge in [-0.15, -0.1) is 0 Å². The number of hydrogen-bond acceptors (Lipinski definition) is 6. The third-order valence-electron chi connectivity index (χ3n) is 5.54. The second-order valence-corrected chi connectivity index (χ2v) is 9.16. The van der Waals surface area contributed by atoms with Crippen molar-refractivity contribution in [3.63, 3.8) is 0 Å². The van der Waals surface area contributed by atoms with E-state index in [2.05, 4.69) is 38.0 Å². The molecule has 5 nitrogen and oxygen atoms in total. The van der Waals surface area contributed by atoms with Crippen LogP contribution in [-0.2, 0) is 6.42 Å². The zero-order valence-electron chi connectivity index (χ0n) is 18.2. The van der Waals surface area contributed by atoms with E-state index in [0.717, 1.165) is 33.3 Å². The highest BCUT2D eigenvalue weighted by Crippen LogP contribution is 2.28. The zero-order chi connectivity index (χ0) is 22.2. The molecule has 0 aliphatic heterocycles. The van der Waals surface area contributed by atoms with Gasteiger partial charge in [0.15, 0.2) is 0 Å². The number of benzene rings is 1. The van der Waals surface area contributed by atoms with Crippen LogP contribution in [0, 0.1) is 0 Å². The largest absolute Gasteiger partial charge is 0.351 e. The summed E-state index contributed by atoms with van der Waals surface area (Å²) in [5.41, 5.74) is 4.03. The Hall–Kier alpha value is -2.57. The Morgan fingerprint density at radius 3 is 2.56 bits per heavy atom. The molecule has 1 aliphatic rings. The molecule has 0 amide bonds. The van der Waals surface area contributed by atoms with Gasteiger partial charge in [-0.25, -0.2) is 9.97 Å². The van der Waals surface area contributed by atoms with E-state index in [-0.39, 0.29) is 0 Å². The number of nitrogens with one attached hydrogen (secondary N) is 2. The van der Waals surface area contributed by atoms with E-state index in [1.165, 1.54) is 49.6 Å². The number of halogens is 1. The minimum atomic E-state index is 0.504. The lowest BCUT2D eigenvalue weighted by Crippen LogP contribution is -2.23. The number of anilines is 2. The SMILES string of the molecule is CCc1cc(NSc2ccccc2Cl)cnc1/C=C/c1cnc(NC2CCCCC2)nc1. The lowest BCUT2D eigenvalue weighted by molar-refractivity contribution is 0.461. The predicted octanol–water partition coefficient (Wildman–Crippen LogP) is 7.12. The van der Waals surface area contributed by atoms with Crippen molar-refractivity contribution in [1.29, 1.82) is 0 Å². The third-order valence-corrected chi connectivity index (χ3v) is 6.90. The molecule has 2 heterocycles. The average Bonchev–Trinajstić information content (AvgIpc) is 2.84. The molecule has 0 atom stereocenters. The molecule has 1 aliphatic carbocycles. The van der Waals surface area contributed by atoms with Gasteiger partial charge in [0.2, 0.25) is 5.95 Å². The van der Waals surface area contributed by atoms with Crippen molar-refractivity contribution in [2.24, 2.45) is 0 Å². The number of pyridine rings is 1. The van der Waals surface area contributed by atoms with E-state index in [0.29, 0.717) is 12.0 Å². The molecule has 1 saturated carbocycles. The van der Waals surface area contributed by atoms with Crippen LogP contribution < -0.4 is 10.0 Å². The fourth-order valence-electron chi connectivity index (χ4n) is 3.75. The van der Waals surface area contributed by atoms with Crippen LogP contribution in [0.2, 0.25) is 5.02 Å². The summed E-state index contributed by atoms with van der Waals surface area (Å²) in [5.74, 6) is 0.716. The number of aromatic nitrogens is 3. The van der Waals surface area contributed by atoms with E-state index in [9.17, 15) is 0 Å². The molecule has 2 N–H and O–H groups in total. The van der Waals surface area contributed by atoms with Gasteiger partial charge in [0.1, 0.15) is 0 Å². The van der Waals surface area contributed by atoms with Crippen molar-refractivity contribution in [3.05, 3.63) is 70.8 Å². The quantitative estimate of drug-likeness (QED) is 0.345. The molecular formula is C25H28ClN5S. The van der Waals surface area contributed by atoms with Gasteiger partial charge in [-0.2, -0.15) is 0 Å². The van der Waals surface area contributed by atoms with Crippen LogP contribution in [0.4, 0.5) is 11.6 Å². The van der Waals surface area contributed by atoms with Crippen molar-refractivity contribution in [2.75, 3.05) is 10.0 Å². The first kappa shape index (κ1) is 22.6. The fraction of sp³-hybridized carbons (Fsp3) is 0.320. The summed E-state index contributed by atoms with van der Waals surface area (Å²) < 4.78 is 3.34. The summed E-state index contributed by atoms with van der Waals surface area (Å²) in [6, 6.07) is 10.4. The van der Waals surface area contributed by atoms with Gasteiger partial charge in [0.05, 0.1) is 22.6 Å². The first-order chi connectivity index (χ1) is 15.7. The topological polar surface area (TPSA) is 62.7 Å². The molecule has 7 heteroatoms. The smallest absolute Gasteiger partial charge is 0.222 e. The first-order valence-corrected chi connectivity index (χ1v) is 12.3. The summed E-state index contributed by atoms with van der Waals surface area (Å²) >= 11 is 7.72. The Labute approximate surface area is 199 Å². The molecule has 166 valence electrons. The van der Waals surface area contributed by atoms with Crippen LogP contribution in [0.5, 0.6) is 0 Å². The minimum absolute atomic E-state index is 0.504. The van der Waals surface area contributed by atoms with Crippen molar-refractivity contribution in [2.45, 2.75) is 56.4 Å². The van der Waals surface area contributed by atoms with E-state index >= 15 is 0 Å². The van der Waals surface area contributed by atoms with Gasteiger partial charge in [0, 0.05) is 28.9 Å². The summed E-state index contributed by atoms with van der Waals surface area (Å²) in [7, 11) is 0. The maximum Gasteiger partial charge on any atom is 0.222 e. The lowest BCUT2D eigenvalue weighted by atomic mass is 9.96. The van der Waals surface area contributed by atoms with Crippen LogP contribution in [-0.4, -0.2) is 21.0 Å². The van der Waals surface area contributed by atoms with Gasteiger partial charge in [-0.05, 0) is 67.1 Å². The highest BCUT2D eigenvalue weighted by molar-refractivity contribution is 8.00. The molecule has 2 aromatic heterocycles. The van der Waals surface area contributed by atoms with Crippen molar-refractivity contribution in [1.82, 2.24) is 15.0 Å².